The van der Waals surface area contributed by atoms with Gasteiger partial charge in [0.05, 0.1) is 0 Å². The van der Waals surface area contributed by atoms with Gasteiger partial charge in [-0.3, -0.25) is 0 Å². The zero-order valence-corrected chi connectivity index (χ0v) is 8.62. The van der Waals surface area contributed by atoms with Crippen molar-refractivity contribution in [3.63, 3.8) is 0 Å². The van der Waals surface area contributed by atoms with Crippen LogP contribution in [-0.4, -0.2) is 16.5 Å². The number of nitrogens with one attached hydrogen (secondary N) is 1. The van der Waals surface area contributed by atoms with Crippen LogP contribution in [0.1, 0.15) is 20.3 Å². The first kappa shape index (κ1) is 10.6. The van der Waals surface area contributed by atoms with Crippen molar-refractivity contribution in [2.45, 2.75) is 20.3 Å². The predicted octanol–water partition coefficient (Wildman–Crippen LogP) is 1.10. The molecule has 0 saturated heterocycles. The quantitative estimate of drug-likeness (QED) is 0.669. The fraction of sp³-hybridized carbons (Fsp3) is 0.556. The molecule has 1 unspecified atom stereocenters. The lowest BCUT2D eigenvalue weighted by molar-refractivity contribution is 0.592. The number of nitrogens with two attached hydrogens (primary N) is 2. The molecule has 0 aliphatic rings. The van der Waals surface area contributed by atoms with Gasteiger partial charge < -0.3 is 16.8 Å². The molecule has 5 nitrogen and oxygen atoms in total. The first-order valence-electron chi connectivity index (χ1n) is 4.75. The number of nitrogen functional groups attached to an aromatic ring is 2. The average molecular weight is 195 g/mol. The monoisotopic (exact) mass is 195 g/mol. The zero-order valence-electron chi connectivity index (χ0n) is 8.62. The summed E-state index contributed by atoms with van der Waals surface area (Å²) in [4.78, 5) is 7.80. The van der Waals surface area contributed by atoms with Gasteiger partial charge in [0.1, 0.15) is 11.6 Å². The Hall–Kier alpha value is -1.52. The van der Waals surface area contributed by atoms with Crippen LogP contribution in [0.15, 0.2) is 6.07 Å². The molecule has 0 aromatic carbocycles. The van der Waals surface area contributed by atoms with Gasteiger partial charge in [0.25, 0.3) is 0 Å². The number of aromatic nitrogens is 2. The molecular weight excluding hydrogens is 178 g/mol. The Morgan fingerprint density at radius 3 is 2.71 bits per heavy atom. The third-order valence-electron chi connectivity index (χ3n) is 2.09. The number of rotatable bonds is 4. The highest BCUT2D eigenvalue weighted by Gasteiger charge is 2.01. The molecule has 14 heavy (non-hydrogen) atoms. The SMILES string of the molecule is CCC(C)CNc1cc(N)nc(N)n1. The first-order chi connectivity index (χ1) is 6.61. The minimum Gasteiger partial charge on any atom is -0.383 e. The number of nitrogens with zero attached hydrogens (tertiary/aromatic N) is 2. The highest BCUT2D eigenvalue weighted by molar-refractivity contribution is 5.48. The van der Waals surface area contributed by atoms with Crippen LogP contribution >= 0.6 is 0 Å². The van der Waals surface area contributed by atoms with Crippen molar-refractivity contribution in [2.24, 2.45) is 5.92 Å². The van der Waals surface area contributed by atoms with Gasteiger partial charge in [-0.25, -0.2) is 0 Å². The molecule has 1 heterocycles. The van der Waals surface area contributed by atoms with Crippen LogP contribution in [0, 0.1) is 5.92 Å². The Bertz CT molecular complexity index is 279. The van der Waals surface area contributed by atoms with Crippen molar-refractivity contribution in [2.75, 3.05) is 23.3 Å². The predicted molar refractivity (Wildman–Crippen MR) is 58.8 cm³/mol. The van der Waals surface area contributed by atoms with Crippen molar-refractivity contribution in [3.05, 3.63) is 6.07 Å². The normalized spacial score (nSPS) is 12.4. The summed E-state index contributed by atoms with van der Waals surface area (Å²) in [6, 6.07) is 1.68. The van der Waals surface area contributed by atoms with Gasteiger partial charge in [0, 0.05) is 12.6 Å². The Labute approximate surface area is 83.9 Å². The summed E-state index contributed by atoms with van der Waals surface area (Å²) in [7, 11) is 0. The molecule has 1 aromatic rings. The van der Waals surface area contributed by atoms with Crippen molar-refractivity contribution in [1.82, 2.24) is 9.97 Å². The summed E-state index contributed by atoms with van der Waals surface area (Å²) < 4.78 is 0. The van der Waals surface area contributed by atoms with Crippen molar-refractivity contribution in [1.29, 1.82) is 0 Å². The van der Waals surface area contributed by atoms with E-state index in [1.54, 1.807) is 6.07 Å². The van der Waals surface area contributed by atoms with E-state index in [0.29, 0.717) is 17.6 Å². The molecule has 0 fully saturated rings. The Morgan fingerprint density at radius 2 is 2.14 bits per heavy atom. The molecule has 1 rings (SSSR count). The lowest BCUT2D eigenvalue weighted by Gasteiger charge is -2.10. The van der Waals surface area contributed by atoms with Crippen LogP contribution < -0.4 is 16.8 Å². The summed E-state index contributed by atoms with van der Waals surface area (Å²) in [5, 5.41) is 3.17. The topological polar surface area (TPSA) is 89.8 Å². The van der Waals surface area contributed by atoms with E-state index in [4.69, 9.17) is 11.5 Å². The van der Waals surface area contributed by atoms with Crippen LogP contribution in [0.5, 0.6) is 0 Å². The van der Waals surface area contributed by atoms with E-state index in [9.17, 15) is 0 Å². The molecule has 0 saturated carbocycles. The molecule has 1 atom stereocenters. The standard InChI is InChI=1S/C9H17N5/c1-3-6(2)5-12-8-4-7(10)13-9(11)14-8/h4,6H,3,5H2,1-2H3,(H5,10,11,12,13,14). The molecule has 78 valence electrons. The van der Waals surface area contributed by atoms with E-state index in [0.717, 1.165) is 13.0 Å². The van der Waals surface area contributed by atoms with Crippen molar-refractivity contribution >= 4 is 17.6 Å². The fourth-order valence-corrected chi connectivity index (χ4v) is 0.999. The average Bonchev–Trinajstić information content (AvgIpc) is 2.12. The summed E-state index contributed by atoms with van der Waals surface area (Å²) in [5.74, 6) is 1.89. The molecular formula is C9H17N5. The third-order valence-corrected chi connectivity index (χ3v) is 2.09. The van der Waals surface area contributed by atoms with Gasteiger partial charge in [-0.2, -0.15) is 9.97 Å². The summed E-state index contributed by atoms with van der Waals surface area (Å²) in [6.45, 7) is 5.18. The maximum absolute atomic E-state index is 5.53. The van der Waals surface area contributed by atoms with Crippen LogP contribution in [0.2, 0.25) is 0 Å². The third kappa shape index (κ3) is 3.08. The number of anilines is 3. The molecule has 0 bridgehead atoms. The van der Waals surface area contributed by atoms with Gasteiger partial charge in [-0.15, -0.1) is 0 Å². The molecule has 1 aromatic heterocycles. The Morgan fingerprint density at radius 1 is 1.43 bits per heavy atom. The van der Waals surface area contributed by atoms with Gasteiger partial charge in [0.15, 0.2) is 0 Å². The molecule has 5 N–H and O–H groups in total. The van der Waals surface area contributed by atoms with Crippen LogP contribution in [-0.2, 0) is 0 Å². The van der Waals surface area contributed by atoms with E-state index in [2.05, 4.69) is 29.1 Å². The summed E-state index contributed by atoms with van der Waals surface area (Å²) in [6.07, 6.45) is 1.13. The van der Waals surface area contributed by atoms with Crippen LogP contribution in [0.25, 0.3) is 0 Å². The van der Waals surface area contributed by atoms with E-state index < -0.39 is 0 Å². The zero-order chi connectivity index (χ0) is 10.6. The highest BCUT2D eigenvalue weighted by Crippen LogP contribution is 2.10. The minimum atomic E-state index is 0.205. The van der Waals surface area contributed by atoms with Crippen LogP contribution in [0.4, 0.5) is 17.6 Å². The van der Waals surface area contributed by atoms with Crippen molar-refractivity contribution in [3.8, 4) is 0 Å². The number of hydrogen-bond acceptors (Lipinski definition) is 5. The molecule has 0 spiro atoms. The lowest BCUT2D eigenvalue weighted by Crippen LogP contribution is -2.12. The first-order valence-corrected chi connectivity index (χ1v) is 4.75. The molecule has 0 aliphatic carbocycles. The van der Waals surface area contributed by atoms with E-state index >= 15 is 0 Å². The van der Waals surface area contributed by atoms with Gasteiger partial charge in [-0.05, 0) is 5.92 Å². The fourth-order valence-electron chi connectivity index (χ4n) is 0.999. The smallest absolute Gasteiger partial charge is 0.223 e. The van der Waals surface area contributed by atoms with Gasteiger partial charge in [-0.1, -0.05) is 20.3 Å². The summed E-state index contributed by atoms with van der Waals surface area (Å²) in [5.41, 5.74) is 11.0. The van der Waals surface area contributed by atoms with Crippen LogP contribution in [0.3, 0.4) is 0 Å². The molecule has 5 heteroatoms. The lowest BCUT2D eigenvalue weighted by atomic mass is 10.1. The van der Waals surface area contributed by atoms with E-state index in [1.165, 1.54) is 0 Å². The second-order valence-electron chi connectivity index (χ2n) is 3.43. The number of hydrogen-bond donors (Lipinski definition) is 3. The van der Waals surface area contributed by atoms with Crippen molar-refractivity contribution < 1.29 is 0 Å². The minimum absolute atomic E-state index is 0.205. The maximum Gasteiger partial charge on any atom is 0.223 e. The Balaban J connectivity index is 2.58. The van der Waals surface area contributed by atoms with Gasteiger partial charge >= 0.3 is 0 Å². The molecule has 0 radical (unpaired) electrons. The second-order valence-corrected chi connectivity index (χ2v) is 3.43. The summed E-state index contributed by atoms with van der Waals surface area (Å²) >= 11 is 0. The maximum atomic E-state index is 5.53. The van der Waals surface area contributed by atoms with E-state index in [-0.39, 0.29) is 5.95 Å². The van der Waals surface area contributed by atoms with E-state index in [1.807, 2.05) is 0 Å². The van der Waals surface area contributed by atoms with Gasteiger partial charge in [0.2, 0.25) is 5.95 Å². The molecule has 0 amide bonds. The largest absolute Gasteiger partial charge is 0.383 e. The Kier molecular flexibility index (Phi) is 3.50. The second kappa shape index (κ2) is 4.64. The highest BCUT2D eigenvalue weighted by atomic mass is 15.1. The molecule has 0 aliphatic heterocycles.